The van der Waals surface area contributed by atoms with Gasteiger partial charge in [-0.25, -0.2) is 18.2 Å². The van der Waals surface area contributed by atoms with E-state index in [-0.39, 0.29) is 17.0 Å². The summed E-state index contributed by atoms with van der Waals surface area (Å²) in [5, 5.41) is 0.776. The molecule has 1 amide bonds. The van der Waals surface area contributed by atoms with Gasteiger partial charge < -0.3 is 9.88 Å². The second kappa shape index (κ2) is 6.63. The van der Waals surface area contributed by atoms with Gasteiger partial charge in [0.2, 0.25) is 0 Å². The average molecular weight is 371 g/mol. The third-order valence-corrected chi connectivity index (χ3v) is 3.65. The number of alkyl halides is 5. The topological polar surface area (TPSA) is 64.0 Å². The second-order valence-corrected chi connectivity index (χ2v) is 5.44. The first-order valence-electron chi connectivity index (χ1n) is 6.10. The van der Waals surface area contributed by atoms with Crippen molar-refractivity contribution in [1.29, 1.82) is 0 Å². The molecule has 24 heavy (non-hydrogen) atoms. The fourth-order valence-corrected chi connectivity index (χ4v) is 2.33. The van der Waals surface area contributed by atoms with Crippen molar-refractivity contribution in [3.63, 3.8) is 0 Å². The van der Waals surface area contributed by atoms with E-state index in [0.29, 0.717) is 16.8 Å². The van der Waals surface area contributed by atoms with Crippen molar-refractivity contribution in [1.82, 2.24) is 9.55 Å². The molecule has 0 aromatic carbocycles. The lowest BCUT2D eigenvalue weighted by molar-refractivity contribution is -0.137. The zero-order valence-corrected chi connectivity index (χ0v) is 12.2. The van der Waals surface area contributed by atoms with Crippen LogP contribution in [0.3, 0.4) is 0 Å². The van der Waals surface area contributed by atoms with Gasteiger partial charge in [-0.05, 0) is 0 Å². The number of carbonyl (C=O) groups excluding carboxylic acids is 1. The van der Waals surface area contributed by atoms with Crippen LogP contribution in [0.2, 0.25) is 0 Å². The summed E-state index contributed by atoms with van der Waals surface area (Å²) < 4.78 is 75.7. The number of amides is 1. The minimum atomic E-state index is -4.72. The molecule has 0 aliphatic carbocycles. The Labute approximate surface area is 133 Å². The first kappa shape index (κ1) is 18.0. The van der Waals surface area contributed by atoms with Gasteiger partial charge in [0.15, 0.2) is 10.8 Å². The van der Waals surface area contributed by atoms with Gasteiger partial charge >= 0.3 is 6.18 Å². The van der Waals surface area contributed by atoms with E-state index in [0.717, 1.165) is 6.20 Å². The molecular weight excluding hydrogens is 364 g/mol. The van der Waals surface area contributed by atoms with Crippen LogP contribution < -0.4 is 10.9 Å². The van der Waals surface area contributed by atoms with E-state index in [2.05, 4.69) is 4.98 Å². The Hall–Kier alpha value is -2.37. The van der Waals surface area contributed by atoms with E-state index >= 15 is 0 Å². The number of nitrogens with one attached hydrogen (secondary N) is 1. The van der Waals surface area contributed by atoms with Gasteiger partial charge in [0.25, 0.3) is 17.9 Å². The summed E-state index contributed by atoms with van der Waals surface area (Å²) in [6.07, 6.45) is -6.22. The Bertz CT molecular complexity index is 814. The largest absolute Gasteiger partial charge is 0.443 e. The summed E-state index contributed by atoms with van der Waals surface area (Å²) in [7, 11) is 0. The number of carbonyl (C=O) groups is 1. The Kier molecular flexibility index (Phi) is 4.96. The zero-order chi connectivity index (χ0) is 18.1. The number of halogens is 6. The number of nitrogens with zero attached hydrogens (tertiary/aromatic N) is 2. The first-order chi connectivity index (χ1) is 11.1. The third kappa shape index (κ3) is 4.13. The maximum Gasteiger partial charge on any atom is 0.443 e. The quantitative estimate of drug-likeness (QED) is 0.841. The Balaban J connectivity index is 2.24. The van der Waals surface area contributed by atoms with Crippen molar-refractivity contribution >= 4 is 22.9 Å². The summed E-state index contributed by atoms with van der Waals surface area (Å²) in [6, 6.07) is 0.577. The minimum Gasteiger partial charge on any atom is -0.320 e. The molecule has 2 aromatic rings. The van der Waals surface area contributed by atoms with Gasteiger partial charge in [-0.15, -0.1) is 11.3 Å². The highest BCUT2D eigenvalue weighted by molar-refractivity contribution is 7.13. The van der Waals surface area contributed by atoms with E-state index < -0.39 is 46.3 Å². The van der Waals surface area contributed by atoms with Crippen LogP contribution in [-0.4, -0.2) is 21.9 Å². The van der Waals surface area contributed by atoms with E-state index in [1.54, 1.807) is 0 Å². The van der Waals surface area contributed by atoms with Gasteiger partial charge in [0, 0.05) is 12.3 Å². The van der Waals surface area contributed by atoms with E-state index in [9.17, 15) is 35.9 Å². The average Bonchev–Trinajstić information content (AvgIpc) is 2.93. The lowest BCUT2D eigenvalue weighted by Crippen LogP contribution is -2.26. The monoisotopic (exact) mass is 371 g/mol. The summed E-state index contributed by atoms with van der Waals surface area (Å²) in [5.41, 5.74) is -1.68. The molecule has 0 saturated carbocycles. The minimum absolute atomic E-state index is 0.0589. The molecule has 2 aromatic heterocycles. The number of hydrogen-bond donors (Lipinski definition) is 1. The predicted octanol–water partition coefficient (Wildman–Crippen LogP) is 2.98. The van der Waals surface area contributed by atoms with Crippen molar-refractivity contribution < 1.29 is 31.1 Å². The van der Waals surface area contributed by atoms with E-state index in [1.165, 1.54) is 0 Å². The van der Waals surface area contributed by atoms with Crippen molar-refractivity contribution in [2.45, 2.75) is 19.1 Å². The second-order valence-electron chi connectivity index (χ2n) is 4.41. The fourth-order valence-electron chi connectivity index (χ4n) is 1.65. The predicted molar refractivity (Wildman–Crippen MR) is 71.7 cm³/mol. The van der Waals surface area contributed by atoms with Gasteiger partial charge in [-0.2, -0.15) is 13.2 Å². The van der Waals surface area contributed by atoms with Gasteiger partial charge in [-0.1, -0.05) is 0 Å². The molecule has 2 rings (SSSR count). The highest BCUT2D eigenvalue weighted by Crippen LogP contribution is 2.32. The number of hydrogen-bond acceptors (Lipinski definition) is 4. The maximum absolute atomic E-state index is 13.4. The lowest BCUT2D eigenvalue weighted by Gasteiger charge is -2.09. The molecule has 0 aliphatic rings. The SMILES string of the molecule is O=C(Nc1cc(F)c(=O)n(CC(F)F)c1)c1cnc(C(F)(F)F)s1. The molecule has 0 fully saturated rings. The lowest BCUT2D eigenvalue weighted by atomic mass is 10.3. The van der Waals surface area contributed by atoms with Gasteiger partial charge in [-0.3, -0.25) is 9.59 Å². The smallest absolute Gasteiger partial charge is 0.320 e. The van der Waals surface area contributed by atoms with Crippen LogP contribution in [0.5, 0.6) is 0 Å². The maximum atomic E-state index is 13.4. The molecule has 12 heteroatoms. The molecule has 130 valence electrons. The summed E-state index contributed by atoms with van der Waals surface area (Å²) in [6.45, 7) is -1.10. The molecule has 0 unspecified atom stereocenters. The molecule has 0 atom stereocenters. The zero-order valence-electron chi connectivity index (χ0n) is 11.4. The van der Waals surface area contributed by atoms with Gasteiger partial charge in [0.05, 0.1) is 18.4 Å². The standard InChI is InChI=1S/C12H7F6N3O2S/c13-6-1-5(3-21(10(6)23)4-8(14)15)20-9(22)7-2-19-11(24-7)12(16,17)18/h1-3,8H,4H2,(H,20,22). The molecule has 0 spiro atoms. The van der Waals surface area contributed by atoms with Crippen molar-refractivity contribution in [3.05, 3.63) is 44.5 Å². The number of rotatable bonds is 4. The van der Waals surface area contributed by atoms with Crippen LogP contribution in [0.1, 0.15) is 14.7 Å². The Morgan fingerprint density at radius 3 is 2.58 bits per heavy atom. The molecular formula is C12H7F6N3O2S. The molecule has 0 aliphatic heterocycles. The highest BCUT2D eigenvalue weighted by atomic mass is 32.1. The Morgan fingerprint density at radius 2 is 2.04 bits per heavy atom. The van der Waals surface area contributed by atoms with Crippen LogP contribution in [0.15, 0.2) is 23.3 Å². The van der Waals surface area contributed by atoms with Crippen molar-refractivity contribution in [3.8, 4) is 0 Å². The highest BCUT2D eigenvalue weighted by Gasteiger charge is 2.35. The fraction of sp³-hybridized carbons (Fsp3) is 0.250. The van der Waals surface area contributed by atoms with Crippen molar-refractivity contribution in [2.24, 2.45) is 0 Å². The molecule has 5 nitrogen and oxygen atoms in total. The molecule has 0 bridgehead atoms. The Morgan fingerprint density at radius 1 is 1.38 bits per heavy atom. The van der Waals surface area contributed by atoms with Crippen molar-refractivity contribution in [2.75, 3.05) is 5.32 Å². The van der Waals surface area contributed by atoms with Gasteiger partial charge in [0.1, 0.15) is 4.88 Å². The van der Waals surface area contributed by atoms with Crippen LogP contribution >= 0.6 is 11.3 Å². The first-order valence-corrected chi connectivity index (χ1v) is 6.92. The molecule has 1 N–H and O–H groups in total. The molecule has 2 heterocycles. The third-order valence-electron chi connectivity index (χ3n) is 2.61. The van der Waals surface area contributed by atoms with Crippen LogP contribution in [0.25, 0.3) is 0 Å². The van der Waals surface area contributed by atoms with E-state index in [1.807, 2.05) is 5.32 Å². The number of thiazole rings is 1. The normalized spacial score (nSPS) is 11.8. The van der Waals surface area contributed by atoms with Crippen LogP contribution in [-0.2, 0) is 12.7 Å². The summed E-state index contributed by atoms with van der Waals surface area (Å²) in [5.74, 6) is -2.45. The number of anilines is 1. The number of aromatic nitrogens is 2. The van der Waals surface area contributed by atoms with Crippen LogP contribution in [0, 0.1) is 5.82 Å². The summed E-state index contributed by atoms with van der Waals surface area (Å²) >= 11 is 0.0589. The molecule has 0 radical (unpaired) electrons. The summed E-state index contributed by atoms with van der Waals surface area (Å²) in [4.78, 5) is 25.8. The molecule has 0 saturated heterocycles. The number of pyridine rings is 1. The van der Waals surface area contributed by atoms with E-state index in [4.69, 9.17) is 0 Å². The van der Waals surface area contributed by atoms with Crippen LogP contribution in [0.4, 0.5) is 32.0 Å².